The second kappa shape index (κ2) is 10.6. The topological polar surface area (TPSA) is 177 Å². The number of nitrogens with zero attached hydrogens (tertiary/aromatic N) is 2. The van der Waals surface area contributed by atoms with Gasteiger partial charge < -0.3 is 36.4 Å². The second-order valence-corrected chi connectivity index (χ2v) is 11.7. The van der Waals surface area contributed by atoms with E-state index in [1.807, 2.05) is 55.4 Å². The Hall–Kier alpha value is -4.19. The van der Waals surface area contributed by atoms with Crippen LogP contribution >= 0.6 is 0 Å². The van der Waals surface area contributed by atoms with E-state index in [0.717, 1.165) is 11.3 Å². The number of likely N-dealkylation sites (N-methyl/N-ethyl adjacent to an activating group) is 1. The number of aliphatic hydroxyl groups excluding tert-OH is 2. The van der Waals surface area contributed by atoms with Crippen LogP contribution in [0.5, 0.6) is 5.75 Å². The third kappa shape index (κ3) is 4.36. The number of nitrogens with two attached hydrogens (primary N) is 1. The highest BCUT2D eigenvalue weighted by molar-refractivity contribution is 6.24. The van der Waals surface area contributed by atoms with Crippen LogP contribution < -0.4 is 16.0 Å². The Morgan fingerprint density at radius 1 is 1.07 bits per heavy atom. The number of rotatable bonds is 7. The number of hydrogen-bond acceptors (Lipinski definition) is 10. The van der Waals surface area contributed by atoms with Gasteiger partial charge in [0.25, 0.3) is 5.91 Å². The molecule has 5 rings (SSSR count). The Balaban J connectivity index is 1.63. The minimum Gasteiger partial charge on any atom is -0.508 e. The number of carbonyl (C=O) groups excluding carboxylic acids is 3. The van der Waals surface area contributed by atoms with Crippen LogP contribution in [0.15, 0.2) is 53.3 Å². The fraction of sp³-hybridized carbons (Fsp3) is 0.387. The number of amides is 1. The number of phenolic OH excluding ortho intramolecular Hbond substituents is 1. The summed E-state index contributed by atoms with van der Waals surface area (Å²) in [5.41, 5.74) is 4.71. The van der Waals surface area contributed by atoms with Gasteiger partial charge in [0.05, 0.1) is 11.6 Å². The Kier molecular flexibility index (Phi) is 7.38. The first kappa shape index (κ1) is 29.3. The number of benzene rings is 2. The molecule has 3 aliphatic carbocycles. The van der Waals surface area contributed by atoms with Crippen LogP contribution in [-0.4, -0.2) is 82.6 Å². The summed E-state index contributed by atoms with van der Waals surface area (Å²) in [6.45, 7) is 0.801. The number of Topliss-reactive ketones (excluding diaryl/α,β-unsaturated/α-hetero) is 2. The Bertz CT molecular complexity index is 1550. The van der Waals surface area contributed by atoms with Crippen LogP contribution in [0.1, 0.15) is 28.7 Å². The van der Waals surface area contributed by atoms with Gasteiger partial charge in [0.2, 0.25) is 5.78 Å². The van der Waals surface area contributed by atoms with E-state index in [9.17, 15) is 34.8 Å². The zero-order chi connectivity index (χ0) is 30.7. The molecule has 11 nitrogen and oxygen atoms in total. The van der Waals surface area contributed by atoms with Crippen molar-refractivity contribution in [3.05, 3.63) is 75.6 Å². The number of carbonyl (C=O) groups is 3. The lowest BCUT2D eigenvalue weighted by molar-refractivity contribution is -0.153. The molecule has 222 valence electrons. The van der Waals surface area contributed by atoms with Gasteiger partial charge in [0, 0.05) is 49.9 Å². The van der Waals surface area contributed by atoms with Crippen molar-refractivity contribution in [3.63, 3.8) is 0 Å². The van der Waals surface area contributed by atoms with Gasteiger partial charge in [-0.1, -0.05) is 30.3 Å². The smallest absolute Gasteiger partial charge is 0.255 e. The van der Waals surface area contributed by atoms with Crippen molar-refractivity contribution in [3.8, 4) is 5.75 Å². The van der Waals surface area contributed by atoms with E-state index < -0.39 is 58.0 Å². The van der Waals surface area contributed by atoms with Crippen molar-refractivity contribution < 1.29 is 34.8 Å². The molecular weight excluding hydrogens is 540 g/mol. The van der Waals surface area contributed by atoms with E-state index in [4.69, 9.17) is 5.73 Å². The maximum Gasteiger partial charge on any atom is 0.255 e. The first-order valence-corrected chi connectivity index (χ1v) is 13.7. The van der Waals surface area contributed by atoms with Crippen molar-refractivity contribution in [1.29, 1.82) is 0 Å². The summed E-state index contributed by atoms with van der Waals surface area (Å²) in [6, 6.07) is 10.4. The summed E-state index contributed by atoms with van der Waals surface area (Å²) >= 11 is 0. The van der Waals surface area contributed by atoms with Crippen LogP contribution in [0.4, 0.5) is 5.69 Å². The molecule has 7 N–H and O–H groups in total. The molecule has 0 unspecified atom stereocenters. The predicted octanol–water partition coefficient (Wildman–Crippen LogP) is 1.32. The molecule has 1 fully saturated rings. The third-order valence-electron chi connectivity index (χ3n) is 8.75. The van der Waals surface area contributed by atoms with Gasteiger partial charge in [0.1, 0.15) is 22.8 Å². The molecule has 0 heterocycles. The number of fused-ring (bicyclic) bond motifs is 3. The van der Waals surface area contributed by atoms with Crippen LogP contribution in [0.3, 0.4) is 0 Å². The Labute approximate surface area is 243 Å². The fourth-order valence-electron chi connectivity index (χ4n) is 6.82. The van der Waals surface area contributed by atoms with Gasteiger partial charge in [-0.2, -0.15) is 0 Å². The van der Waals surface area contributed by atoms with Crippen LogP contribution in [0.25, 0.3) is 5.76 Å². The summed E-state index contributed by atoms with van der Waals surface area (Å²) in [4.78, 5) is 42.9. The summed E-state index contributed by atoms with van der Waals surface area (Å²) < 4.78 is 0. The van der Waals surface area contributed by atoms with Gasteiger partial charge in [-0.25, -0.2) is 0 Å². The van der Waals surface area contributed by atoms with Gasteiger partial charge in [-0.3, -0.25) is 19.3 Å². The highest BCUT2D eigenvalue weighted by Crippen LogP contribution is 2.54. The Morgan fingerprint density at radius 2 is 1.74 bits per heavy atom. The van der Waals surface area contributed by atoms with E-state index in [2.05, 4.69) is 5.32 Å². The molecule has 11 heteroatoms. The SMILES string of the molecule is CN(C)c1cc(CNCc2ccccc2)c(O)c2c1C[C@H]1C[C@H]3[C@H](N(C)C)C(=O)C(C(N)=O)=C(O)[C@@]3(O)C(=O)C1=C2O. The van der Waals surface area contributed by atoms with Crippen molar-refractivity contribution in [2.24, 2.45) is 17.6 Å². The third-order valence-corrected chi connectivity index (χ3v) is 8.75. The number of nitrogens with one attached hydrogen (secondary N) is 1. The van der Waals surface area contributed by atoms with Gasteiger partial charge >= 0.3 is 0 Å². The highest BCUT2D eigenvalue weighted by atomic mass is 16.3. The zero-order valence-corrected chi connectivity index (χ0v) is 24.0. The molecule has 3 aliphatic rings. The molecule has 0 radical (unpaired) electrons. The largest absolute Gasteiger partial charge is 0.508 e. The van der Waals surface area contributed by atoms with Crippen LogP contribution in [-0.2, 0) is 33.9 Å². The molecule has 42 heavy (non-hydrogen) atoms. The van der Waals surface area contributed by atoms with Gasteiger partial charge in [0.15, 0.2) is 11.4 Å². The molecule has 0 bridgehead atoms. The first-order valence-electron chi connectivity index (χ1n) is 13.7. The van der Waals surface area contributed by atoms with E-state index in [0.29, 0.717) is 17.7 Å². The fourth-order valence-corrected chi connectivity index (χ4v) is 6.82. The molecule has 0 aromatic heterocycles. The minimum atomic E-state index is -2.67. The average Bonchev–Trinajstić information content (AvgIpc) is 2.92. The quantitative estimate of drug-likeness (QED) is 0.264. The molecule has 0 spiro atoms. The van der Waals surface area contributed by atoms with E-state index in [1.54, 1.807) is 14.1 Å². The number of ketones is 2. The summed E-state index contributed by atoms with van der Waals surface area (Å²) in [7, 11) is 6.82. The zero-order valence-electron chi connectivity index (χ0n) is 24.0. The van der Waals surface area contributed by atoms with Crippen molar-refractivity contribution in [1.82, 2.24) is 10.2 Å². The predicted molar refractivity (Wildman–Crippen MR) is 156 cm³/mol. The molecule has 4 atom stereocenters. The van der Waals surface area contributed by atoms with Crippen molar-refractivity contribution >= 4 is 28.9 Å². The summed E-state index contributed by atoms with van der Waals surface area (Å²) in [5.74, 6) is -6.63. The number of phenols is 1. The lowest BCUT2D eigenvalue weighted by Crippen LogP contribution is -2.65. The normalized spacial score (nSPS) is 25.3. The summed E-state index contributed by atoms with van der Waals surface area (Å²) in [5, 5.41) is 49.1. The van der Waals surface area contributed by atoms with E-state index >= 15 is 0 Å². The van der Waals surface area contributed by atoms with Crippen molar-refractivity contribution in [2.75, 3.05) is 33.1 Å². The number of hydrogen-bond donors (Lipinski definition) is 6. The molecule has 0 saturated heterocycles. The molecular formula is C31H36N4O7. The Morgan fingerprint density at radius 3 is 2.33 bits per heavy atom. The standard InChI is InChI=1S/C31H36N4O7/c1-34(2)20-12-17(14-33-13-15-8-6-5-7-9-15)25(36)22-18(20)10-16-11-19-24(35(3)4)27(38)23(30(32)41)29(40)31(19,42)28(39)21(16)26(22)37/h5-9,12,16,19,24,33,36-37,40,42H,10-11,13-14H2,1-4H3,(H2,32,41)/t16-,19-,24-,31-/m0/s1. The average molecular weight is 577 g/mol. The maximum atomic E-state index is 14.1. The minimum absolute atomic E-state index is 0.0414. The van der Waals surface area contributed by atoms with E-state index in [-0.39, 0.29) is 36.3 Å². The van der Waals surface area contributed by atoms with Gasteiger partial charge in [-0.05, 0) is 50.0 Å². The highest BCUT2D eigenvalue weighted by Gasteiger charge is 2.64. The lowest BCUT2D eigenvalue weighted by Gasteiger charge is -2.50. The molecule has 1 saturated carbocycles. The van der Waals surface area contributed by atoms with E-state index in [1.165, 1.54) is 4.90 Å². The van der Waals surface area contributed by atoms with Crippen LogP contribution in [0, 0.1) is 11.8 Å². The number of aromatic hydroxyl groups is 1. The lowest BCUT2D eigenvalue weighted by atomic mass is 9.57. The molecule has 2 aromatic carbocycles. The second-order valence-electron chi connectivity index (χ2n) is 11.7. The first-order chi connectivity index (χ1) is 19.8. The molecule has 2 aromatic rings. The number of primary amides is 1. The monoisotopic (exact) mass is 576 g/mol. The number of anilines is 1. The molecule has 1 amide bonds. The number of aliphatic hydroxyl groups is 3. The maximum absolute atomic E-state index is 14.1. The van der Waals surface area contributed by atoms with Crippen molar-refractivity contribution in [2.45, 2.75) is 37.6 Å². The van der Waals surface area contributed by atoms with Gasteiger partial charge in [-0.15, -0.1) is 0 Å². The van der Waals surface area contributed by atoms with Crippen LogP contribution in [0.2, 0.25) is 0 Å². The molecule has 0 aliphatic heterocycles. The summed E-state index contributed by atoms with van der Waals surface area (Å²) in [6.07, 6.45) is 0.271.